The molecule has 0 saturated heterocycles. The first-order chi connectivity index (χ1) is 6.74. The van der Waals surface area contributed by atoms with Gasteiger partial charge in [-0.05, 0) is 0 Å². The topological polar surface area (TPSA) is 68.2 Å². The molecular formula is C7H17Cl2O5P. The molecule has 8 heteroatoms. The molecular weight excluding hydrogens is 266 g/mol. The maximum atomic E-state index is 9.14. The van der Waals surface area contributed by atoms with E-state index >= 15 is 0 Å². The van der Waals surface area contributed by atoms with Crippen LogP contribution in [-0.2, 0) is 14.0 Å². The van der Waals surface area contributed by atoms with Crippen LogP contribution in [0.15, 0.2) is 0 Å². The van der Waals surface area contributed by atoms with Crippen LogP contribution in [0.5, 0.6) is 0 Å². The van der Waals surface area contributed by atoms with Gasteiger partial charge in [0.05, 0.1) is 0 Å². The van der Waals surface area contributed by atoms with E-state index in [4.69, 9.17) is 46.3 Å². The van der Waals surface area contributed by atoms with Gasteiger partial charge in [0.1, 0.15) is 0 Å². The van der Waals surface area contributed by atoms with Gasteiger partial charge in [0.15, 0.2) is 0 Å². The Bertz CT molecular complexity index is 167. The van der Waals surface area contributed by atoms with Crippen LogP contribution in [0.2, 0.25) is 0 Å². The third-order valence-electron chi connectivity index (χ3n) is 1.34. The average Bonchev–Trinajstić information content (AvgIpc) is 2.06. The molecule has 0 radical (unpaired) electrons. The summed E-state index contributed by atoms with van der Waals surface area (Å²) in [5.41, 5.74) is 0. The Kier molecular flexibility index (Phi) is 6.87. The second-order valence-electron chi connectivity index (χ2n) is 2.80. The Morgan fingerprint density at radius 2 is 1.47 bits per heavy atom. The van der Waals surface area contributed by atoms with Gasteiger partial charge in [-0.3, -0.25) is 0 Å². The minimum absolute atomic E-state index is 0.134. The molecule has 15 heavy (non-hydrogen) atoms. The first-order valence-corrected chi connectivity index (χ1v) is 8.41. The predicted octanol–water partition coefficient (Wildman–Crippen LogP) is 2.04. The van der Waals surface area contributed by atoms with Crippen LogP contribution in [0, 0.1) is 0 Å². The van der Waals surface area contributed by atoms with Crippen LogP contribution in [0.3, 0.4) is 0 Å². The number of hydrogen-bond donors (Lipinski definition) is 2. The fraction of sp³-hybridized carbons (Fsp3) is 1.00. The summed E-state index contributed by atoms with van der Waals surface area (Å²) in [6.45, 7) is 4.82. The summed E-state index contributed by atoms with van der Waals surface area (Å²) in [6, 6.07) is 0. The van der Waals surface area contributed by atoms with Gasteiger partial charge >= 0.3 is 98.6 Å². The monoisotopic (exact) mass is 282 g/mol. The van der Waals surface area contributed by atoms with Gasteiger partial charge in [-0.1, -0.05) is 0 Å². The average molecular weight is 283 g/mol. The molecule has 0 rings (SSSR count). The van der Waals surface area contributed by atoms with Crippen LogP contribution in [-0.4, -0.2) is 42.3 Å². The zero-order valence-corrected chi connectivity index (χ0v) is 11.1. The molecule has 0 aromatic rings. The molecule has 0 aromatic carbocycles. The number of ether oxygens (including phenoxy) is 2. The summed E-state index contributed by atoms with van der Waals surface area (Å²) in [4.78, 5) is 18.3. The van der Waals surface area contributed by atoms with E-state index in [-0.39, 0.29) is 13.2 Å². The van der Waals surface area contributed by atoms with Crippen LogP contribution < -0.4 is 0 Å². The number of rotatable bonds is 8. The SMILES string of the molecule is CCOCC(COCC)OP(O)(O)(Cl)Cl. The second-order valence-corrected chi connectivity index (χ2v) is 8.70. The van der Waals surface area contributed by atoms with E-state index in [1.807, 2.05) is 0 Å². The predicted molar refractivity (Wildman–Crippen MR) is 60.9 cm³/mol. The van der Waals surface area contributed by atoms with Gasteiger partial charge in [0.2, 0.25) is 0 Å². The zero-order chi connectivity index (χ0) is 12.0. The molecule has 0 bridgehead atoms. The van der Waals surface area contributed by atoms with E-state index in [2.05, 4.69) is 0 Å². The molecule has 0 saturated carbocycles. The van der Waals surface area contributed by atoms with Crippen molar-refractivity contribution in [3.63, 3.8) is 0 Å². The van der Waals surface area contributed by atoms with Crippen molar-refractivity contribution in [1.29, 1.82) is 0 Å². The summed E-state index contributed by atoms with van der Waals surface area (Å²) in [7, 11) is 0. The van der Waals surface area contributed by atoms with E-state index in [9.17, 15) is 0 Å². The van der Waals surface area contributed by atoms with E-state index in [1.54, 1.807) is 13.8 Å². The Labute approximate surface area is 99.0 Å². The van der Waals surface area contributed by atoms with Gasteiger partial charge in [0, 0.05) is 0 Å². The molecule has 0 amide bonds. The summed E-state index contributed by atoms with van der Waals surface area (Å²) < 4.78 is 14.9. The van der Waals surface area contributed by atoms with E-state index in [0.29, 0.717) is 13.2 Å². The summed E-state index contributed by atoms with van der Waals surface area (Å²) in [6.07, 6.45) is -0.701. The normalized spacial score (nSPS) is 15.3. The van der Waals surface area contributed by atoms with Crippen LogP contribution in [0.4, 0.5) is 0 Å². The molecule has 0 aliphatic rings. The molecule has 0 unspecified atom stereocenters. The van der Waals surface area contributed by atoms with Crippen LogP contribution in [0.25, 0.3) is 0 Å². The zero-order valence-electron chi connectivity index (χ0n) is 8.73. The van der Waals surface area contributed by atoms with Crippen molar-refractivity contribution in [2.75, 3.05) is 26.4 Å². The van der Waals surface area contributed by atoms with Gasteiger partial charge in [0.25, 0.3) is 0 Å². The quantitative estimate of drug-likeness (QED) is 0.667. The van der Waals surface area contributed by atoms with E-state index < -0.39 is 12.1 Å². The molecule has 0 aromatic heterocycles. The van der Waals surface area contributed by atoms with Crippen LogP contribution in [0.1, 0.15) is 13.8 Å². The molecule has 0 heterocycles. The van der Waals surface area contributed by atoms with Gasteiger partial charge in [-0.15, -0.1) is 0 Å². The number of hydrogen-bond acceptors (Lipinski definition) is 5. The maximum absolute atomic E-state index is 9.14. The Hall–Kier alpha value is 0.810. The molecule has 0 fully saturated rings. The van der Waals surface area contributed by atoms with Gasteiger partial charge in [-0.25, -0.2) is 0 Å². The fourth-order valence-corrected chi connectivity index (χ4v) is 2.14. The Morgan fingerprint density at radius 3 is 1.73 bits per heavy atom. The van der Waals surface area contributed by atoms with Crippen molar-refractivity contribution in [1.82, 2.24) is 0 Å². The number of halogens is 2. The Balaban J connectivity index is 4.12. The molecule has 0 aliphatic heterocycles. The van der Waals surface area contributed by atoms with Crippen molar-refractivity contribution < 1.29 is 23.8 Å². The van der Waals surface area contributed by atoms with Crippen molar-refractivity contribution in [2.24, 2.45) is 0 Å². The first kappa shape index (κ1) is 15.8. The first-order valence-electron chi connectivity index (χ1n) is 4.54. The summed E-state index contributed by atoms with van der Waals surface area (Å²) in [5, 5.41) is 0. The van der Waals surface area contributed by atoms with Crippen molar-refractivity contribution in [3.05, 3.63) is 0 Å². The molecule has 2 N–H and O–H groups in total. The summed E-state index contributed by atoms with van der Waals surface area (Å²) >= 11 is 10.4. The van der Waals surface area contributed by atoms with Gasteiger partial charge in [-0.2, -0.15) is 0 Å². The third kappa shape index (κ3) is 11.1. The van der Waals surface area contributed by atoms with Crippen LogP contribution >= 0.6 is 28.5 Å². The minimum atomic E-state index is -5.00. The molecule has 0 spiro atoms. The molecule has 0 atom stereocenters. The van der Waals surface area contributed by atoms with Gasteiger partial charge < -0.3 is 0 Å². The van der Waals surface area contributed by atoms with E-state index in [0.717, 1.165) is 0 Å². The molecule has 5 nitrogen and oxygen atoms in total. The second kappa shape index (κ2) is 6.52. The summed E-state index contributed by atoms with van der Waals surface area (Å²) in [5.74, 6) is -5.00. The van der Waals surface area contributed by atoms with Crippen molar-refractivity contribution >= 4 is 28.5 Å². The standard InChI is InChI=1S/C7H17Cl2O5P/c1-3-12-5-7(6-13-4-2)14-15(8,9,10)11/h7,10-11H,3-6H2,1-2H3. The fourth-order valence-electron chi connectivity index (χ4n) is 0.854. The van der Waals surface area contributed by atoms with Crippen molar-refractivity contribution in [2.45, 2.75) is 20.0 Å². The molecule has 0 aliphatic carbocycles. The molecule has 94 valence electrons. The third-order valence-corrected chi connectivity index (χ3v) is 2.46. The van der Waals surface area contributed by atoms with E-state index in [1.165, 1.54) is 0 Å². The Morgan fingerprint density at radius 1 is 1.07 bits per heavy atom. The van der Waals surface area contributed by atoms with Crippen molar-refractivity contribution in [3.8, 4) is 0 Å².